The first-order valence-corrected chi connectivity index (χ1v) is 9.11. The lowest BCUT2D eigenvalue weighted by Gasteiger charge is -2.30. The van der Waals surface area contributed by atoms with Crippen LogP contribution in [0.4, 0.5) is 24.5 Å². The summed E-state index contributed by atoms with van der Waals surface area (Å²) in [5.74, 6) is 0. The van der Waals surface area contributed by atoms with Gasteiger partial charge in [0.2, 0.25) is 0 Å². The Labute approximate surface area is 141 Å². The summed E-state index contributed by atoms with van der Waals surface area (Å²) in [6, 6.07) is 10.6. The predicted octanol–water partition coefficient (Wildman–Crippen LogP) is 5.88. The number of nitrogens with zero attached hydrogens (tertiary/aromatic N) is 1. The largest absolute Gasteiger partial charge is 0.425 e. The van der Waals surface area contributed by atoms with E-state index in [0.29, 0.717) is 4.21 Å². The summed E-state index contributed by atoms with van der Waals surface area (Å²) in [5, 5.41) is 0. The predicted molar refractivity (Wildman–Crippen MR) is 91.3 cm³/mol. The summed E-state index contributed by atoms with van der Waals surface area (Å²) >= 11 is 1.99. The maximum atomic E-state index is 12.6. The molecule has 1 saturated heterocycles. The molecular weight excluding hydrogens is 341 g/mol. The number of thiophene rings is 1. The van der Waals surface area contributed by atoms with E-state index < -0.39 is 11.1 Å². The van der Waals surface area contributed by atoms with Crippen LogP contribution in [0.15, 0.2) is 40.6 Å². The van der Waals surface area contributed by atoms with Gasteiger partial charge in [-0.2, -0.15) is 13.2 Å². The molecule has 1 aromatic heterocycles. The fraction of sp³-hybridized carbons (Fsp3) is 0.375. The minimum atomic E-state index is -4.27. The second-order valence-corrected chi connectivity index (χ2v) is 7.58. The highest BCUT2D eigenvalue weighted by Gasteiger charge is 2.32. The van der Waals surface area contributed by atoms with Crippen molar-refractivity contribution in [2.24, 2.45) is 0 Å². The number of hydrogen-bond acceptors (Lipinski definition) is 4. The standard InChI is InChI=1S/C16H17F3N2S2/c17-16(18,19)14-8-9-15(22-14)23-20-12-6-2-3-7-13(12)21-10-4-1-5-11-21/h2-3,6-9,20H,1,4-5,10-11H2. The number of piperidine rings is 1. The molecule has 1 aliphatic heterocycles. The van der Waals surface area contributed by atoms with Crippen molar-refractivity contribution < 1.29 is 13.2 Å². The number of para-hydroxylation sites is 2. The molecule has 124 valence electrons. The van der Waals surface area contributed by atoms with Crippen LogP contribution >= 0.6 is 23.3 Å². The van der Waals surface area contributed by atoms with Crippen molar-refractivity contribution >= 4 is 34.7 Å². The molecular formula is C16H17F3N2S2. The van der Waals surface area contributed by atoms with Gasteiger partial charge in [-0.3, -0.25) is 0 Å². The molecule has 1 aromatic carbocycles. The summed E-state index contributed by atoms with van der Waals surface area (Å²) in [6.07, 6.45) is -0.645. The van der Waals surface area contributed by atoms with Gasteiger partial charge < -0.3 is 9.62 Å². The van der Waals surface area contributed by atoms with Gasteiger partial charge in [0.1, 0.15) is 4.88 Å². The molecule has 3 rings (SSSR count). The summed E-state index contributed by atoms with van der Waals surface area (Å²) in [7, 11) is 0. The van der Waals surface area contributed by atoms with E-state index in [4.69, 9.17) is 0 Å². The van der Waals surface area contributed by atoms with Crippen LogP contribution in [0.3, 0.4) is 0 Å². The molecule has 23 heavy (non-hydrogen) atoms. The van der Waals surface area contributed by atoms with Crippen LogP contribution in [-0.4, -0.2) is 13.1 Å². The van der Waals surface area contributed by atoms with E-state index in [1.54, 1.807) is 0 Å². The Kier molecular flexibility index (Phi) is 5.06. The molecule has 0 aliphatic carbocycles. The Morgan fingerprint density at radius 3 is 2.43 bits per heavy atom. The third-order valence-electron chi connectivity index (χ3n) is 3.72. The summed E-state index contributed by atoms with van der Waals surface area (Å²) in [4.78, 5) is 1.77. The van der Waals surface area contributed by atoms with Crippen LogP contribution in [-0.2, 0) is 6.18 Å². The summed E-state index contributed by atoms with van der Waals surface area (Å²) < 4.78 is 41.7. The molecule has 2 aromatic rings. The minimum absolute atomic E-state index is 0.564. The first kappa shape index (κ1) is 16.5. The lowest BCUT2D eigenvalue weighted by molar-refractivity contribution is -0.134. The molecule has 2 heterocycles. The fourth-order valence-electron chi connectivity index (χ4n) is 2.60. The molecule has 0 unspecified atom stereocenters. The molecule has 0 amide bonds. The van der Waals surface area contributed by atoms with Gasteiger partial charge in [0.25, 0.3) is 0 Å². The smallest absolute Gasteiger partial charge is 0.370 e. The average molecular weight is 358 g/mol. The molecule has 0 radical (unpaired) electrons. The number of halogens is 3. The minimum Gasteiger partial charge on any atom is -0.370 e. The van der Waals surface area contributed by atoms with Gasteiger partial charge >= 0.3 is 6.18 Å². The van der Waals surface area contributed by atoms with Gasteiger partial charge in [-0.15, -0.1) is 11.3 Å². The molecule has 1 fully saturated rings. The molecule has 2 nitrogen and oxygen atoms in total. The average Bonchev–Trinajstić information content (AvgIpc) is 3.03. The molecule has 0 saturated carbocycles. The molecule has 0 bridgehead atoms. The van der Waals surface area contributed by atoms with E-state index in [-0.39, 0.29) is 0 Å². The van der Waals surface area contributed by atoms with Crippen LogP contribution in [0.5, 0.6) is 0 Å². The monoisotopic (exact) mass is 358 g/mol. The molecule has 1 N–H and O–H groups in total. The highest BCUT2D eigenvalue weighted by atomic mass is 32.2. The summed E-state index contributed by atoms with van der Waals surface area (Å²) in [5.41, 5.74) is 2.06. The Bertz CT molecular complexity index is 649. The van der Waals surface area contributed by atoms with E-state index in [9.17, 15) is 13.2 Å². The van der Waals surface area contributed by atoms with Crippen LogP contribution < -0.4 is 9.62 Å². The Morgan fingerprint density at radius 1 is 1.00 bits per heavy atom. The number of nitrogens with one attached hydrogen (secondary N) is 1. The normalized spacial score (nSPS) is 15.7. The van der Waals surface area contributed by atoms with Crippen molar-refractivity contribution in [3.8, 4) is 0 Å². The Hall–Kier alpha value is -1.34. The zero-order chi connectivity index (χ0) is 16.3. The van der Waals surface area contributed by atoms with Crippen molar-refractivity contribution in [3.05, 3.63) is 41.3 Å². The molecule has 0 atom stereocenters. The zero-order valence-electron chi connectivity index (χ0n) is 12.4. The Balaban J connectivity index is 1.69. The maximum Gasteiger partial charge on any atom is 0.425 e. The van der Waals surface area contributed by atoms with Crippen molar-refractivity contribution in [1.29, 1.82) is 0 Å². The fourth-order valence-corrected chi connectivity index (χ4v) is 4.29. The van der Waals surface area contributed by atoms with Crippen molar-refractivity contribution in [3.63, 3.8) is 0 Å². The molecule has 7 heteroatoms. The first-order valence-electron chi connectivity index (χ1n) is 7.48. The van der Waals surface area contributed by atoms with E-state index in [1.165, 1.54) is 37.3 Å². The molecule has 0 spiro atoms. The van der Waals surface area contributed by atoms with Gasteiger partial charge in [0.05, 0.1) is 15.6 Å². The van der Waals surface area contributed by atoms with E-state index in [0.717, 1.165) is 41.9 Å². The number of hydrogen-bond donors (Lipinski definition) is 1. The topological polar surface area (TPSA) is 15.3 Å². The van der Waals surface area contributed by atoms with E-state index >= 15 is 0 Å². The van der Waals surface area contributed by atoms with Gasteiger partial charge in [-0.25, -0.2) is 0 Å². The van der Waals surface area contributed by atoms with Crippen molar-refractivity contribution in [2.75, 3.05) is 22.7 Å². The van der Waals surface area contributed by atoms with Crippen molar-refractivity contribution in [2.45, 2.75) is 29.6 Å². The number of rotatable bonds is 4. The number of alkyl halides is 3. The van der Waals surface area contributed by atoms with Gasteiger partial charge in [0.15, 0.2) is 0 Å². The third kappa shape index (κ3) is 4.14. The second-order valence-electron chi connectivity index (χ2n) is 5.39. The first-order chi connectivity index (χ1) is 11.0. The van der Waals surface area contributed by atoms with Gasteiger partial charge in [-0.05, 0) is 55.5 Å². The zero-order valence-corrected chi connectivity index (χ0v) is 14.0. The van der Waals surface area contributed by atoms with Crippen LogP contribution in [0.25, 0.3) is 0 Å². The van der Waals surface area contributed by atoms with Crippen LogP contribution in [0.2, 0.25) is 0 Å². The number of anilines is 2. The quantitative estimate of drug-likeness (QED) is 0.688. The summed E-state index contributed by atoms with van der Waals surface area (Å²) in [6.45, 7) is 2.06. The maximum absolute atomic E-state index is 12.6. The molecule has 1 aliphatic rings. The van der Waals surface area contributed by atoms with E-state index in [2.05, 4.69) is 15.7 Å². The second kappa shape index (κ2) is 7.05. The highest BCUT2D eigenvalue weighted by molar-refractivity contribution is 8.02. The van der Waals surface area contributed by atoms with Crippen LogP contribution in [0, 0.1) is 0 Å². The van der Waals surface area contributed by atoms with E-state index in [1.807, 2.05) is 18.2 Å². The van der Waals surface area contributed by atoms with Gasteiger partial charge in [0, 0.05) is 13.1 Å². The van der Waals surface area contributed by atoms with Crippen molar-refractivity contribution in [1.82, 2.24) is 0 Å². The third-order valence-corrected chi connectivity index (χ3v) is 5.81. The Morgan fingerprint density at radius 2 is 1.74 bits per heavy atom. The number of benzene rings is 1. The van der Waals surface area contributed by atoms with Gasteiger partial charge in [-0.1, -0.05) is 12.1 Å². The lowest BCUT2D eigenvalue weighted by Crippen LogP contribution is -2.29. The highest BCUT2D eigenvalue weighted by Crippen LogP contribution is 2.39. The SMILES string of the molecule is FC(F)(F)c1ccc(SNc2ccccc2N2CCCCC2)s1. The lowest BCUT2D eigenvalue weighted by atomic mass is 10.1. The van der Waals surface area contributed by atoms with Crippen LogP contribution in [0.1, 0.15) is 24.1 Å².